The molecule has 3 atom stereocenters. The topological polar surface area (TPSA) is 214 Å². The van der Waals surface area contributed by atoms with Gasteiger partial charge in [-0.3, -0.25) is 19.8 Å². The molecule has 2 aliphatic carbocycles. The molecular formula is C51H61N9O8S2. The van der Waals surface area contributed by atoms with Crippen molar-refractivity contribution < 1.29 is 31.8 Å². The second-order valence-corrected chi connectivity index (χ2v) is 24.6. The third-order valence-corrected chi connectivity index (χ3v) is 19.5. The first-order valence-corrected chi connectivity index (χ1v) is 28.4. The normalized spacial score (nSPS) is 23.7. The van der Waals surface area contributed by atoms with Crippen molar-refractivity contribution in [2.75, 3.05) is 54.5 Å². The number of sulfonamides is 1. The summed E-state index contributed by atoms with van der Waals surface area (Å²) in [6.07, 6.45) is 17.8. The molecule has 2 saturated carbocycles. The van der Waals surface area contributed by atoms with Gasteiger partial charge in [-0.2, -0.15) is 0 Å². The number of rotatable bonds is 14. The Balaban J connectivity index is 0.755. The minimum Gasteiger partial charge on any atom is -0.455 e. The van der Waals surface area contributed by atoms with Crippen molar-refractivity contribution in [2.45, 2.75) is 119 Å². The standard InChI is InChI=1S/C51H61N9O8S2/c61-50(57-70(65,66)41-27-46(60(62)63)49(55-32-41)54-30-39-14-12-36(33-67-39)56-69(64)23-4-1-5-24-69)44-15-13-37(26-47(44)68-40-25-35-16-19-52-48(35)53-31-40)58-21-17-51(18-22-58)28-38(29-51)59-20-6-9-45(59)43-8-3-2-7-42(43)34-10-11-34/h2-3,7-8,13,15-16,19,25-27,31-32,34,36,38-39,45H,1,4-6,9-12,14,17-18,20-24,28-30,33H2,(H,52,53)(H,54,55)(H,57,61)/t36?,39?,45-/m0/s1. The summed E-state index contributed by atoms with van der Waals surface area (Å²) >= 11 is 0. The monoisotopic (exact) mass is 991 g/mol. The highest BCUT2D eigenvalue weighted by molar-refractivity contribution is 7.93. The summed E-state index contributed by atoms with van der Waals surface area (Å²) in [6, 6.07) is 19.8. The van der Waals surface area contributed by atoms with E-state index in [9.17, 15) is 27.5 Å². The number of aromatic amines is 1. The Hall–Kier alpha value is -5.63. The van der Waals surface area contributed by atoms with E-state index in [2.05, 4.69) is 63.4 Å². The zero-order valence-electron chi connectivity index (χ0n) is 39.3. The fraction of sp³-hybridized carbons (Fsp3) is 0.510. The van der Waals surface area contributed by atoms with E-state index in [4.69, 9.17) is 9.47 Å². The Bertz CT molecular complexity index is 3010. The lowest BCUT2D eigenvalue weighted by Gasteiger charge is -2.56. The van der Waals surface area contributed by atoms with Gasteiger partial charge in [-0.05, 0) is 130 Å². The maximum Gasteiger partial charge on any atom is 0.312 e. The molecule has 4 aliphatic heterocycles. The summed E-state index contributed by atoms with van der Waals surface area (Å²) in [5, 5.41) is 16.0. The van der Waals surface area contributed by atoms with Crippen molar-refractivity contribution >= 4 is 53.9 Å². The molecule has 70 heavy (non-hydrogen) atoms. The summed E-state index contributed by atoms with van der Waals surface area (Å²) < 4.78 is 59.8. The molecule has 19 heteroatoms. The van der Waals surface area contributed by atoms with E-state index in [1.807, 2.05) is 12.1 Å². The maximum absolute atomic E-state index is 14.0. The quantitative estimate of drug-likeness (QED) is 0.0701. The predicted octanol–water partition coefficient (Wildman–Crippen LogP) is 8.85. The molecule has 7 heterocycles. The average molecular weight is 992 g/mol. The molecule has 0 bridgehead atoms. The third kappa shape index (κ3) is 9.86. The van der Waals surface area contributed by atoms with Crippen LogP contribution in [0.25, 0.3) is 11.0 Å². The highest BCUT2D eigenvalue weighted by Crippen LogP contribution is 2.55. The lowest BCUT2D eigenvalue weighted by Crippen LogP contribution is -2.54. The van der Waals surface area contributed by atoms with E-state index in [0.29, 0.717) is 59.8 Å². The van der Waals surface area contributed by atoms with Gasteiger partial charge in [-0.25, -0.2) is 31.7 Å². The first kappa shape index (κ1) is 46.7. The van der Waals surface area contributed by atoms with Crippen LogP contribution in [0.1, 0.15) is 117 Å². The van der Waals surface area contributed by atoms with Gasteiger partial charge in [0.2, 0.25) is 5.82 Å². The summed E-state index contributed by atoms with van der Waals surface area (Å²) in [6.45, 7) is 3.32. The lowest BCUT2D eigenvalue weighted by atomic mass is 9.59. The number of anilines is 2. The van der Waals surface area contributed by atoms with E-state index in [1.54, 1.807) is 35.5 Å². The van der Waals surface area contributed by atoms with Crippen LogP contribution in [0.2, 0.25) is 0 Å². The van der Waals surface area contributed by atoms with Crippen molar-refractivity contribution in [3.05, 3.63) is 106 Å². The molecule has 17 nitrogen and oxygen atoms in total. The van der Waals surface area contributed by atoms with Gasteiger partial charge in [-0.15, -0.1) is 0 Å². The molecule has 1 spiro atoms. The molecule has 6 fully saturated rings. The summed E-state index contributed by atoms with van der Waals surface area (Å²) in [7, 11) is -6.86. The number of nitrogens with one attached hydrogen (secondary N) is 3. The Morgan fingerprint density at radius 3 is 2.50 bits per heavy atom. The highest BCUT2D eigenvalue weighted by Gasteiger charge is 2.50. The number of nitro groups is 1. The number of piperidine rings is 1. The molecule has 11 rings (SSSR count). The van der Waals surface area contributed by atoms with Crippen LogP contribution in [0, 0.1) is 15.5 Å². The first-order valence-electron chi connectivity index (χ1n) is 25.0. The van der Waals surface area contributed by atoms with Crippen LogP contribution in [0.15, 0.2) is 88.5 Å². The Labute approximate surface area is 408 Å². The number of likely N-dealkylation sites (tertiary alicyclic amines) is 1. The van der Waals surface area contributed by atoms with Crippen molar-refractivity contribution in [1.82, 2.24) is 24.6 Å². The minimum absolute atomic E-state index is 0.0472. The fourth-order valence-corrected chi connectivity index (χ4v) is 15.1. The molecule has 370 valence electrons. The van der Waals surface area contributed by atoms with E-state index >= 15 is 0 Å². The van der Waals surface area contributed by atoms with Gasteiger partial charge in [-0.1, -0.05) is 30.7 Å². The number of benzene rings is 2. The van der Waals surface area contributed by atoms with Crippen molar-refractivity contribution in [3.63, 3.8) is 0 Å². The second-order valence-electron chi connectivity index (χ2n) is 20.4. The van der Waals surface area contributed by atoms with Crippen LogP contribution in [0.3, 0.4) is 0 Å². The van der Waals surface area contributed by atoms with Gasteiger partial charge in [0.05, 0.1) is 41.6 Å². The molecule has 2 aromatic carbocycles. The summed E-state index contributed by atoms with van der Waals surface area (Å²) in [5.41, 5.74) is 4.31. The number of fused-ring (bicyclic) bond motifs is 1. The van der Waals surface area contributed by atoms with Crippen LogP contribution >= 0.6 is 0 Å². The maximum atomic E-state index is 14.0. The molecule has 6 aliphatic rings. The van der Waals surface area contributed by atoms with Gasteiger partial charge in [0, 0.05) is 82.4 Å². The molecule has 3 N–H and O–H groups in total. The number of ether oxygens (including phenoxy) is 2. The Morgan fingerprint density at radius 2 is 1.74 bits per heavy atom. The number of H-pyrrole nitrogens is 1. The second kappa shape index (κ2) is 19.2. The molecule has 5 aromatic rings. The highest BCUT2D eigenvalue weighted by atomic mass is 32.2. The zero-order chi connectivity index (χ0) is 48.0. The van der Waals surface area contributed by atoms with Crippen LogP contribution in [-0.4, -0.2) is 106 Å². The van der Waals surface area contributed by atoms with Gasteiger partial charge < -0.3 is 24.7 Å². The molecule has 4 saturated heterocycles. The number of nitrogens with zero attached hydrogens (tertiary/aromatic N) is 6. The SMILES string of the molecule is O=C(NS(=O)(=O)c1cnc(NCC2CCC(N=S3(=O)CCCCC3)CO2)c([N+](=O)[O-])c1)c1ccc(N2CCC3(CC2)CC(N2CCC[C@H]2c2ccccc2C2CC2)C3)cc1Oc1cnc2[nH]ccc2c1. The first-order chi connectivity index (χ1) is 33.9. The number of hydrogen-bond donors (Lipinski definition) is 3. The van der Waals surface area contributed by atoms with Crippen LogP contribution in [0.5, 0.6) is 11.5 Å². The number of hydrogen-bond acceptors (Lipinski definition) is 14. The minimum atomic E-state index is -4.66. The summed E-state index contributed by atoms with van der Waals surface area (Å²) in [4.78, 5) is 41.8. The summed E-state index contributed by atoms with van der Waals surface area (Å²) in [5.74, 6) is 1.36. The van der Waals surface area contributed by atoms with E-state index in [-0.39, 0.29) is 35.8 Å². The zero-order valence-corrected chi connectivity index (χ0v) is 40.9. The van der Waals surface area contributed by atoms with E-state index in [0.717, 1.165) is 81.0 Å². The van der Waals surface area contributed by atoms with Gasteiger partial charge in [0.1, 0.15) is 22.0 Å². The van der Waals surface area contributed by atoms with Crippen LogP contribution < -0.4 is 19.7 Å². The molecule has 0 radical (unpaired) electrons. The average Bonchev–Trinajstić information content (AvgIpc) is 3.90. The predicted molar refractivity (Wildman–Crippen MR) is 268 cm³/mol. The smallest absolute Gasteiger partial charge is 0.312 e. The Morgan fingerprint density at radius 1 is 0.943 bits per heavy atom. The van der Waals surface area contributed by atoms with Crippen LogP contribution in [-0.2, 0) is 24.5 Å². The van der Waals surface area contributed by atoms with Crippen LogP contribution in [0.4, 0.5) is 17.2 Å². The van der Waals surface area contributed by atoms with Crippen molar-refractivity contribution in [2.24, 2.45) is 9.78 Å². The Kier molecular flexibility index (Phi) is 12.8. The van der Waals surface area contributed by atoms with E-state index < -0.39 is 41.2 Å². The van der Waals surface area contributed by atoms with Crippen molar-refractivity contribution in [3.8, 4) is 11.5 Å². The fourth-order valence-electron chi connectivity index (χ4n) is 11.7. The van der Waals surface area contributed by atoms with Gasteiger partial charge >= 0.3 is 5.69 Å². The van der Waals surface area contributed by atoms with Gasteiger partial charge in [0.15, 0.2) is 0 Å². The number of amides is 1. The van der Waals surface area contributed by atoms with Crippen molar-refractivity contribution in [1.29, 1.82) is 0 Å². The number of pyridine rings is 2. The number of carbonyl (C=O) groups is 1. The molecule has 2 unspecified atom stereocenters. The lowest BCUT2D eigenvalue weighted by molar-refractivity contribution is -0.384. The molecule has 3 aromatic heterocycles. The molecular weight excluding hydrogens is 931 g/mol. The number of carbonyl (C=O) groups excluding carboxylic acids is 1. The van der Waals surface area contributed by atoms with E-state index in [1.165, 1.54) is 44.7 Å². The number of aromatic nitrogens is 3. The van der Waals surface area contributed by atoms with Gasteiger partial charge in [0.25, 0.3) is 15.9 Å². The third-order valence-electron chi connectivity index (χ3n) is 15.7. The largest absolute Gasteiger partial charge is 0.455 e. The molecule has 1 amide bonds.